The molecule has 2 rings (SSSR count). The summed E-state index contributed by atoms with van der Waals surface area (Å²) in [6, 6.07) is 14.9. The number of halogens is 1. The Hall–Kier alpha value is -2.20. The zero-order valence-corrected chi connectivity index (χ0v) is 14.7. The van der Waals surface area contributed by atoms with E-state index in [1.54, 1.807) is 12.1 Å². The minimum Gasteiger partial charge on any atom is -0.491 e. The summed E-state index contributed by atoms with van der Waals surface area (Å²) in [5.41, 5.74) is 1.07. The number of para-hydroxylation sites is 2. The lowest BCUT2D eigenvalue weighted by molar-refractivity contribution is -0.128. The molecule has 0 saturated heterocycles. The van der Waals surface area contributed by atoms with Gasteiger partial charge in [0.1, 0.15) is 18.1 Å². The van der Waals surface area contributed by atoms with Crippen LogP contribution in [-0.4, -0.2) is 25.2 Å². The predicted molar refractivity (Wildman–Crippen MR) is 95.8 cm³/mol. The summed E-state index contributed by atoms with van der Waals surface area (Å²) < 4.78 is 11.4. The summed E-state index contributed by atoms with van der Waals surface area (Å²) in [4.78, 5) is 12.2. The number of benzene rings is 2. The first-order valence-corrected chi connectivity index (χ1v) is 8.37. The van der Waals surface area contributed by atoms with Crippen LogP contribution in [-0.2, 0) is 4.79 Å². The van der Waals surface area contributed by atoms with Crippen molar-refractivity contribution in [3.05, 3.63) is 59.1 Å². The van der Waals surface area contributed by atoms with Crippen LogP contribution in [0.4, 0.5) is 0 Å². The molecule has 0 bridgehead atoms. The van der Waals surface area contributed by atoms with E-state index in [9.17, 15) is 4.79 Å². The molecule has 0 aliphatic heterocycles. The van der Waals surface area contributed by atoms with Crippen molar-refractivity contribution in [1.29, 1.82) is 0 Å². The molecule has 2 aromatic rings. The average Bonchev–Trinajstić information content (AvgIpc) is 2.59. The Bertz CT molecular complexity index is 675. The predicted octanol–water partition coefficient (Wildman–Crippen LogP) is 4.00. The van der Waals surface area contributed by atoms with Crippen LogP contribution in [0.2, 0.25) is 5.02 Å². The molecule has 1 atom stereocenters. The van der Waals surface area contributed by atoms with E-state index >= 15 is 0 Å². The van der Waals surface area contributed by atoms with E-state index in [-0.39, 0.29) is 5.91 Å². The molecule has 24 heavy (non-hydrogen) atoms. The Kier molecular flexibility index (Phi) is 6.94. The zero-order valence-electron chi connectivity index (χ0n) is 13.9. The molecule has 0 spiro atoms. The molecule has 0 heterocycles. The summed E-state index contributed by atoms with van der Waals surface area (Å²) in [6.07, 6.45) is -0.0289. The second-order valence-electron chi connectivity index (χ2n) is 5.35. The zero-order chi connectivity index (χ0) is 17.4. The number of hydrogen-bond acceptors (Lipinski definition) is 3. The summed E-state index contributed by atoms with van der Waals surface area (Å²) in [5, 5.41) is 3.32. The summed E-state index contributed by atoms with van der Waals surface area (Å²) in [7, 11) is 0. The molecule has 0 aromatic heterocycles. The molecule has 0 radical (unpaired) electrons. The van der Waals surface area contributed by atoms with E-state index in [1.807, 2.05) is 50.2 Å². The lowest BCUT2D eigenvalue weighted by Crippen LogP contribution is -2.39. The first-order chi connectivity index (χ1) is 11.6. The molecule has 1 amide bonds. The van der Waals surface area contributed by atoms with Crippen LogP contribution < -0.4 is 14.8 Å². The third kappa shape index (κ3) is 5.17. The minimum atomic E-state index is -0.580. The Labute approximate surface area is 147 Å². The van der Waals surface area contributed by atoms with Gasteiger partial charge in [-0.25, -0.2) is 0 Å². The van der Waals surface area contributed by atoms with Crippen molar-refractivity contribution in [3.63, 3.8) is 0 Å². The van der Waals surface area contributed by atoms with Gasteiger partial charge in [-0.2, -0.15) is 0 Å². The van der Waals surface area contributed by atoms with E-state index in [2.05, 4.69) is 5.32 Å². The van der Waals surface area contributed by atoms with Crippen LogP contribution in [0.5, 0.6) is 11.5 Å². The lowest BCUT2D eigenvalue weighted by Gasteiger charge is -2.18. The number of carbonyl (C=O) groups excluding carboxylic acids is 1. The molecular weight excluding hydrogens is 326 g/mol. The maximum absolute atomic E-state index is 12.2. The maximum atomic E-state index is 12.2. The smallest absolute Gasteiger partial charge is 0.261 e. The van der Waals surface area contributed by atoms with Crippen LogP contribution in [0.25, 0.3) is 0 Å². The number of hydrogen-bond donors (Lipinski definition) is 1. The largest absolute Gasteiger partial charge is 0.491 e. The van der Waals surface area contributed by atoms with Gasteiger partial charge < -0.3 is 14.8 Å². The van der Waals surface area contributed by atoms with Gasteiger partial charge in [-0.15, -0.1) is 0 Å². The quantitative estimate of drug-likeness (QED) is 0.734. The van der Waals surface area contributed by atoms with Crippen LogP contribution >= 0.6 is 11.6 Å². The molecule has 0 aliphatic rings. The minimum absolute atomic E-state index is 0.175. The van der Waals surface area contributed by atoms with Crippen molar-refractivity contribution in [1.82, 2.24) is 5.32 Å². The van der Waals surface area contributed by atoms with Gasteiger partial charge in [0, 0.05) is 0 Å². The summed E-state index contributed by atoms with van der Waals surface area (Å²) in [5.74, 6) is 1.16. The van der Waals surface area contributed by atoms with Gasteiger partial charge in [-0.05, 0) is 37.1 Å². The standard InChI is InChI=1S/C19H22ClNO3/c1-3-16(24-18-11-7-5-9-15(18)20)19(22)21-12-13-23-17-10-6-4-8-14(17)2/h4-11,16H,3,12-13H2,1-2H3,(H,21,22)/t16-/m0/s1. The Morgan fingerprint density at radius 1 is 1.12 bits per heavy atom. The van der Waals surface area contributed by atoms with E-state index in [0.29, 0.717) is 30.3 Å². The molecule has 0 aliphatic carbocycles. The van der Waals surface area contributed by atoms with Crippen molar-refractivity contribution in [2.75, 3.05) is 13.2 Å². The van der Waals surface area contributed by atoms with Crippen LogP contribution in [0.1, 0.15) is 18.9 Å². The van der Waals surface area contributed by atoms with E-state index < -0.39 is 6.10 Å². The summed E-state index contributed by atoms with van der Waals surface area (Å²) in [6.45, 7) is 4.69. The number of ether oxygens (including phenoxy) is 2. The first kappa shape index (κ1) is 18.1. The molecular formula is C19H22ClNO3. The highest BCUT2D eigenvalue weighted by Crippen LogP contribution is 2.24. The number of nitrogens with one attached hydrogen (secondary N) is 1. The fraction of sp³-hybridized carbons (Fsp3) is 0.316. The van der Waals surface area contributed by atoms with Gasteiger partial charge in [-0.3, -0.25) is 4.79 Å². The highest BCUT2D eigenvalue weighted by molar-refractivity contribution is 6.32. The third-order valence-corrected chi connectivity index (χ3v) is 3.83. The molecule has 0 fully saturated rings. The number of amides is 1. The second kappa shape index (κ2) is 9.18. The molecule has 0 saturated carbocycles. The second-order valence-corrected chi connectivity index (χ2v) is 5.76. The van der Waals surface area contributed by atoms with Crippen LogP contribution in [0, 0.1) is 6.92 Å². The normalized spacial score (nSPS) is 11.6. The van der Waals surface area contributed by atoms with Crippen molar-refractivity contribution in [2.24, 2.45) is 0 Å². The molecule has 2 aromatic carbocycles. The van der Waals surface area contributed by atoms with Crippen molar-refractivity contribution >= 4 is 17.5 Å². The fourth-order valence-corrected chi connectivity index (χ4v) is 2.36. The molecule has 1 N–H and O–H groups in total. The molecule has 5 heteroatoms. The van der Waals surface area contributed by atoms with Crippen LogP contribution in [0.15, 0.2) is 48.5 Å². The van der Waals surface area contributed by atoms with Gasteiger partial charge in [0.15, 0.2) is 6.10 Å². The van der Waals surface area contributed by atoms with Gasteiger partial charge >= 0.3 is 0 Å². The Morgan fingerprint density at radius 3 is 2.46 bits per heavy atom. The third-order valence-electron chi connectivity index (χ3n) is 3.52. The van der Waals surface area contributed by atoms with Gasteiger partial charge in [-0.1, -0.05) is 48.9 Å². The Morgan fingerprint density at radius 2 is 1.79 bits per heavy atom. The van der Waals surface area contributed by atoms with E-state index in [1.165, 1.54) is 0 Å². The number of aryl methyl sites for hydroxylation is 1. The molecule has 128 valence electrons. The first-order valence-electron chi connectivity index (χ1n) is 7.99. The van der Waals surface area contributed by atoms with Gasteiger partial charge in [0.05, 0.1) is 11.6 Å². The van der Waals surface area contributed by atoms with Gasteiger partial charge in [0.25, 0.3) is 5.91 Å². The lowest BCUT2D eigenvalue weighted by atomic mass is 10.2. The van der Waals surface area contributed by atoms with E-state index in [4.69, 9.17) is 21.1 Å². The Balaban J connectivity index is 1.80. The number of carbonyl (C=O) groups is 1. The van der Waals surface area contributed by atoms with Crippen molar-refractivity contribution in [3.8, 4) is 11.5 Å². The van der Waals surface area contributed by atoms with Crippen molar-refractivity contribution in [2.45, 2.75) is 26.4 Å². The SMILES string of the molecule is CC[C@H](Oc1ccccc1Cl)C(=O)NCCOc1ccccc1C. The molecule has 4 nitrogen and oxygen atoms in total. The molecule has 0 unspecified atom stereocenters. The van der Waals surface area contributed by atoms with Crippen LogP contribution in [0.3, 0.4) is 0 Å². The summed E-state index contributed by atoms with van der Waals surface area (Å²) >= 11 is 6.06. The van der Waals surface area contributed by atoms with Crippen molar-refractivity contribution < 1.29 is 14.3 Å². The topological polar surface area (TPSA) is 47.6 Å². The van der Waals surface area contributed by atoms with E-state index in [0.717, 1.165) is 11.3 Å². The average molecular weight is 348 g/mol. The highest BCUT2D eigenvalue weighted by atomic mass is 35.5. The monoisotopic (exact) mass is 347 g/mol. The maximum Gasteiger partial charge on any atom is 0.261 e. The fourth-order valence-electron chi connectivity index (χ4n) is 2.18. The van der Waals surface area contributed by atoms with Gasteiger partial charge in [0.2, 0.25) is 0 Å². The number of rotatable bonds is 8. The highest BCUT2D eigenvalue weighted by Gasteiger charge is 2.18.